The van der Waals surface area contributed by atoms with Crippen molar-refractivity contribution in [3.05, 3.63) is 0 Å². The molecule has 0 aliphatic carbocycles. The van der Waals surface area contributed by atoms with Crippen LogP contribution < -0.4 is 5.43 Å². The van der Waals surface area contributed by atoms with Crippen molar-refractivity contribution in [1.29, 1.82) is 0 Å². The molecular weight excluding hydrogens is 158 g/mol. The molecule has 12 heavy (non-hydrogen) atoms. The summed E-state index contributed by atoms with van der Waals surface area (Å²) in [5.41, 5.74) is 2.53. The zero-order chi connectivity index (χ0) is 9.56. The summed E-state index contributed by atoms with van der Waals surface area (Å²) in [6.07, 6.45) is 0. The lowest BCUT2D eigenvalue weighted by atomic mass is 10.5. The second-order valence-corrected chi connectivity index (χ2v) is 2.27. The Morgan fingerprint density at radius 2 is 2.17 bits per heavy atom. The second-order valence-electron chi connectivity index (χ2n) is 2.27. The molecule has 5 heteroatoms. The fourth-order valence-corrected chi connectivity index (χ4v) is 0.630. The molecule has 0 aromatic carbocycles. The van der Waals surface area contributed by atoms with Crippen LogP contribution in [0.5, 0.6) is 0 Å². The molecule has 1 N–H and O–H groups in total. The lowest BCUT2D eigenvalue weighted by Gasteiger charge is -2.13. The molecular formula is C7H15N3O2. The lowest BCUT2D eigenvalue weighted by molar-refractivity contribution is -0.135. The Bertz CT molecular complexity index is 177. The first-order chi connectivity index (χ1) is 5.63. The van der Waals surface area contributed by atoms with E-state index in [9.17, 15) is 4.79 Å². The summed E-state index contributed by atoms with van der Waals surface area (Å²) in [7, 11) is 5.09. The number of ether oxygens (including phenoxy) is 1. The fraction of sp³-hybridized carbons (Fsp3) is 0.714. The van der Waals surface area contributed by atoms with Crippen molar-refractivity contribution in [2.24, 2.45) is 5.10 Å². The maximum Gasteiger partial charge on any atom is 0.375 e. The molecule has 0 radical (unpaired) electrons. The maximum absolute atomic E-state index is 11.1. The third-order valence-electron chi connectivity index (χ3n) is 1.10. The molecule has 5 nitrogen and oxygen atoms in total. The molecule has 0 fully saturated rings. The van der Waals surface area contributed by atoms with Gasteiger partial charge in [0.05, 0.1) is 6.61 Å². The van der Waals surface area contributed by atoms with Crippen molar-refractivity contribution < 1.29 is 9.53 Å². The Balaban J connectivity index is 4.30. The first-order valence-corrected chi connectivity index (χ1v) is 3.72. The first kappa shape index (κ1) is 10.7. The smallest absolute Gasteiger partial charge is 0.375 e. The molecule has 0 heterocycles. The van der Waals surface area contributed by atoms with Crippen LogP contribution in [0.3, 0.4) is 0 Å². The second kappa shape index (κ2) is 5.40. The van der Waals surface area contributed by atoms with Gasteiger partial charge in [0.1, 0.15) is 0 Å². The van der Waals surface area contributed by atoms with Crippen LogP contribution in [-0.2, 0) is 9.53 Å². The Labute approximate surface area is 72.4 Å². The van der Waals surface area contributed by atoms with E-state index in [1.807, 2.05) is 0 Å². The van der Waals surface area contributed by atoms with Gasteiger partial charge in [0.2, 0.25) is 5.84 Å². The molecule has 0 aromatic rings. The highest BCUT2D eigenvalue weighted by Crippen LogP contribution is 1.87. The van der Waals surface area contributed by atoms with E-state index in [2.05, 4.69) is 10.5 Å². The minimum atomic E-state index is -0.420. The van der Waals surface area contributed by atoms with E-state index in [0.717, 1.165) is 0 Å². The number of rotatable bonds is 2. The van der Waals surface area contributed by atoms with E-state index in [4.69, 9.17) is 4.74 Å². The molecule has 0 aromatic heterocycles. The molecule has 0 aliphatic rings. The van der Waals surface area contributed by atoms with Gasteiger partial charge in [-0.2, -0.15) is 5.10 Å². The monoisotopic (exact) mass is 173 g/mol. The molecule has 0 saturated heterocycles. The Hall–Kier alpha value is -1.26. The molecule has 0 bridgehead atoms. The van der Waals surface area contributed by atoms with Gasteiger partial charge in [-0.3, -0.25) is 0 Å². The molecule has 70 valence electrons. The molecule has 0 atom stereocenters. The van der Waals surface area contributed by atoms with Gasteiger partial charge in [-0.25, -0.2) is 4.79 Å². The largest absolute Gasteiger partial charge is 0.460 e. The van der Waals surface area contributed by atoms with Gasteiger partial charge in [-0.1, -0.05) is 0 Å². The average Bonchev–Trinajstić information content (AvgIpc) is 1.99. The molecule has 0 amide bonds. The number of hydrazone groups is 1. The van der Waals surface area contributed by atoms with Gasteiger partial charge in [-0.15, -0.1) is 0 Å². The van der Waals surface area contributed by atoms with E-state index in [0.29, 0.717) is 6.61 Å². The predicted octanol–water partition coefficient (Wildman–Crippen LogP) is -0.356. The minimum Gasteiger partial charge on any atom is -0.460 e. The number of nitrogens with one attached hydrogen (secondary N) is 1. The molecule has 0 spiro atoms. The molecule has 0 saturated carbocycles. The zero-order valence-electron chi connectivity index (χ0n) is 7.92. The van der Waals surface area contributed by atoms with E-state index >= 15 is 0 Å². The number of amidine groups is 1. The van der Waals surface area contributed by atoms with Crippen LogP contribution in [0.15, 0.2) is 5.10 Å². The highest BCUT2D eigenvalue weighted by atomic mass is 16.5. The number of carbonyl (C=O) groups is 1. The lowest BCUT2D eigenvalue weighted by Crippen LogP contribution is -2.33. The van der Waals surface area contributed by atoms with E-state index in [1.54, 1.807) is 33.0 Å². The van der Waals surface area contributed by atoms with Crippen LogP contribution in [0.2, 0.25) is 0 Å². The van der Waals surface area contributed by atoms with Crippen LogP contribution in [0.25, 0.3) is 0 Å². The minimum absolute atomic E-state index is 0.263. The molecule has 0 rings (SSSR count). The van der Waals surface area contributed by atoms with E-state index in [-0.39, 0.29) is 5.84 Å². The van der Waals surface area contributed by atoms with Crippen LogP contribution in [-0.4, -0.2) is 44.5 Å². The maximum atomic E-state index is 11.1. The van der Waals surface area contributed by atoms with Gasteiger partial charge in [0, 0.05) is 21.1 Å². The number of likely N-dealkylation sites (N-methyl/N-ethyl adjacent to an activating group) is 1. The van der Waals surface area contributed by atoms with Crippen molar-refractivity contribution in [2.45, 2.75) is 6.92 Å². The number of nitrogens with zero attached hydrogens (tertiary/aromatic N) is 2. The first-order valence-electron chi connectivity index (χ1n) is 3.72. The van der Waals surface area contributed by atoms with Crippen LogP contribution in [0, 0.1) is 0 Å². The van der Waals surface area contributed by atoms with Gasteiger partial charge >= 0.3 is 5.97 Å². The normalized spacial score (nSPS) is 10.8. The quantitative estimate of drug-likeness (QED) is 0.268. The standard InChI is InChI=1S/C7H15N3O2/c1-5-12-7(11)6(9-8-2)10(3)4/h8H,5H2,1-4H3/b9-6-. The van der Waals surface area contributed by atoms with Crippen molar-refractivity contribution in [3.63, 3.8) is 0 Å². The summed E-state index contributed by atoms with van der Waals surface area (Å²) in [5, 5.41) is 3.76. The Kier molecular flexibility index (Phi) is 4.83. The Morgan fingerprint density at radius 3 is 2.50 bits per heavy atom. The van der Waals surface area contributed by atoms with E-state index in [1.165, 1.54) is 0 Å². The zero-order valence-corrected chi connectivity index (χ0v) is 7.92. The third-order valence-corrected chi connectivity index (χ3v) is 1.10. The van der Waals surface area contributed by atoms with Gasteiger partial charge < -0.3 is 15.1 Å². The number of carbonyl (C=O) groups excluding carboxylic acids is 1. The van der Waals surface area contributed by atoms with Crippen molar-refractivity contribution in [3.8, 4) is 0 Å². The van der Waals surface area contributed by atoms with Gasteiger partial charge in [-0.05, 0) is 6.92 Å². The summed E-state index contributed by atoms with van der Waals surface area (Å²) >= 11 is 0. The number of esters is 1. The van der Waals surface area contributed by atoms with Crippen LogP contribution >= 0.6 is 0 Å². The summed E-state index contributed by atoms with van der Waals surface area (Å²) < 4.78 is 4.77. The topological polar surface area (TPSA) is 53.9 Å². The molecule has 0 aliphatic heterocycles. The molecule has 0 unspecified atom stereocenters. The highest BCUT2D eigenvalue weighted by Gasteiger charge is 2.14. The average molecular weight is 173 g/mol. The van der Waals surface area contributed by atoms with Crippen molar-refractivity contribution >= 4 is 11.8 Å². The summed E-state index contributed by atoms with van der Waals surface area (Å²) in [4.78, 5) is 12.7. The fourth-order valence-electron chi connectivity index (χ4n) is 0.630. The van der Waals surface area contributed by atoms with E-state index < -0.39 is 5.97 Å². The number of hydrogen-bond donors (Lipinski definition) is 1. The predicted molar refractivity (Wildman–Crippen MR) is 46.8 cm³/mol. The van der Waals surface area contributed by atoms with Crippen molar-refractivity contribution in [1.82, 2.24) is 10.3 Å². The summed E-state index contributed by atoms with van der Waals surface area (Å²) in [5.74, 6) is -0.156. The summed E-state index contributed by atoms with van der Waals surface area (Å²) in [6, 6.07) is 0. The highest BCUT2D eigenvalue weighted by molar-refractivity contribution is 6.35. The third kappa shape index (κ3) is 3.23. The van der Waals surface area contributed by atoms with Gasteiger partial charge in [0.15, 0.2) is 0 Å². The van der Waals surface area contributed by atoms with Gasteiger partial charge in [0.25, 0.3) is 0 Å². The van der Waals surface area contributed by atoms with Crippen LogP contribution in [0.1, 0.15) is 6.92 Å². The Morgan fingerprint density at radius 1 is 1.58 bits per heavy atom. The summed E-state index contributed by atoms with van der Waals surface area (Å²) in [6.45, 7) is 2.11. The number of hydrogen-bond acceptors (Lipinski definition) is 4. The van der Waals surface area contributed by atoms with Crippen molar-refractivity contribution in [2.75, 3.05) is 27.7 Å². The van der Waals surface area contributed by atoms with Crippen LogP contribution in [0.4, 0.5) is 0 Å². The SMILES string of the molecule is CCOC(=O)/C(=N/NC)N(C)C.